The molecule has 0 radical (unpaired) electrons. The highest BCUT2D eigenvalue weighted by atomic mass is 127. The average Bonchev–Trinajstić information content (AvgIpc) is 3.09. The number of carbonyl (C=O) groups excluding carboxylic acids is 1. The van der Waals surface area contributed by atoms with Crippen LogP contribution in [0.15, 0.2) is 4.99 Å². The molecule has 1 aliphatic carbocycles. The summed E-state index contributed by atoms with van der Waals surface area (Å²) < 4.78 is 11.0. The summed E-state index contributed by atoms with van der Waals surface area (Å²) >= 11 is 0. The van der Waals surface area contributed by atoms with Gasteiger partial charge in [-0.15, -0.1) is 24.0 Å². The van der Waals surface area contributed by atoms with Gasteiger partial charge in [-0.1, -0.05) is 6.42 Å². The van der Waals surface area contributed by atoms with E-state index in [9.17, 15) is 4.79 Å². The summed E-state index contributed by atoms with van der Waals surface area (Å²) in [5.74, 6) is 1.89. The van der Waals surface area contributed by atoms with Crippen molar-refractivity contribution in [1.29, 1.82) is 0 Å². The third-order valence-electron chi connectivity index (χ3n) is 4.86. The Balaban J connectivity index is 0.00000364. The molecule has 7 nitrogen and oxygen atoms in total. The average molecular weight is 496 g/mol. The van der Waals surface area contributed by atoms with Crippen LogP contribution in [-0.2, 0) is 14.3 Å². The molecular formula is C19H37IN4O3. The van der Waals surface area contributed by atoms with Gasteiger partial charge in [0.25, 0.3) is 0 Å². The summed E-state index contributed by atoms with van der Waals surface area (Å²) in [7, 11) is 0. The first-order valence-corrected chi connectivity index (χ1v) is 10.2. The van der Waals surface area contributed by atoms with E-state index in [1.54, 1.807) is 0 Å². The number of hydrogen-bond acceptors (Lipinski definition) is 4. The maximum atomic E-state index is 11.7. The zero-order valence-corrected chi connectivity index (χ0v) is 19.0. The molecule has 0 spiro atoms. The quantitative estimate of drug-likeness (QED) is 0.167. The molecule has 27 heavy (non-hydrogen) atoms. The number of guanidine groups is 1. The number of halogens is 1. The number of amides is 1. The van der Waals surface area contributed by atoms with Crippen molar-refractivity contribution in [2.75, 3.05) is 52.6 Å². The Kier molecular flexibility index (Phi) is 13.9. The minimum Gasteiger partial charge on any atom is -0.381 e. The summed E-state index contributed by atoms with van der Waals surface area (Å²) in [6.07, 6.45) is 6.24. The molecule has 3 N–H and O–H groups in total. The summed E-state index contributed by atoms with van der Waals surface area (Å²) in [5, 5.41) is 9.59. The van der Waals surface area contributed by atoms with Crippen molar-refractivity contribution in [2.24, 2.45) is 16.8 Å². The van der Waals surface area contributed by atoms with Gasteiger partial charge in [-0.2, -0.15) is 0 Å². The van der Waals surface area contributed by atoms with Crippen LogP contribution in [0.4, 0.5) is 0 Å². The Hall–Kier alpha value is -0.610. The second-order valence-electron chi connectivity index (χ2n) is 7.12. The number of hydrogen-bond donors (Lipinski definition) is 3. The third-order valence-corrected chi connectivity index (χ3v) is 4.86. The zero-order chi connectivity index (χ0) is 18.5. The van der Waals surface area contributed by atoms with Crippen LogP contribution in [0, 0.1) is 11.8 Å². The molecule has 2 fully saturated rings. The van der Waals surface area contributed by atoms with Crippen LogP contribution >= 0.6 is 24.0 Å². The summed E-state index contributed by atoms with van der Waals surface area (Å²) in [4.78, 5) is 16.3. The number of rotatable bonds is 12. The van der Waals surface area contributed by atoms with E-state index < -0.39 is 0 Å². The van der Waals surface area contributed by atoms with Crippen molar-refractivity contribution in [3.63, 3.8) is 0 Å². The van der Waals surface area contributed by atoms with Crippen molar-refractivity contribution < 1.29 is 14.3 Å². The van der Waals surface area contributed by atoms with Gasteiger partial charge in [-0.25, -0.2) is 0 Å². The topological polar surface area (TPSA) is 84.0 Å². The molecule has 0 aromatic heterocycles. The lowest BCUT2D eigenvalue weighted by molar-refractivity contribution is -0.127. The molecule has 0 aromatic rings. The molecule has 8 heteroatoms. The van der Waals surface area contributed by atoms with Crippen molar-refractivity contribution in [1.82, 2.24) is 16.0 Å². The Morgan fingerprint density at radius 1 is 1.15 bits per heavy atom. The lowest BCUT2D eigenvalue weighted by Gasteiger charge is -2.23. The van der Waals surface area contributed by atoms with E-state index in [4.69, 9.17) is 9.47 Å². The van der Waals surface area contributed by atoms with E-state index in [-0.39, 0.29) is 35.8 Å². The number of ether oxygens (including phenoxy) is 2. The highest BCUT2D eigenvalue weighted by molar-refractivity contribution is 14.0. The second-order valence-corrected chi connectivity index (χ2v) is 7.12. The van der Waals surface area contributed by atoms with Crippen molar-refractivity contribution >= 4 is 35.8 Å². The van der Waals surface area contributed by atoms with Gasteiger partial charge in [0.2, 0.25) is 5.91 Å². The first-order valence-electron chi connectivity index (χ1n) is 10.2. The van der Waals surface area contributed by atoms with E-state index in [0.29, 0.717) is 19.0 Å². The first-order chi connectivity index (χ1) is 12.8. The third kappa shape index (κ3) is 10.5. The molecule has 1 aliphatic heterocycles. The van der Waals surface area contributed by atoms with Crippen molar-refractivity contribution in [3.8, 4) is 0 Å². The number of nitrogens with one attached hydrogen (secondary N) is 3. The predicted octanol–water partition coefficient (Wildman–Crippen LogP) is 1.91. The SMILES string of the molecule is CCNC(=NCCCNC(=O)C1CCC1)NCCCOCC1CCOC1.I. The second kappa shape index (κ2) is 15.3. The smallest absolute Gasteiger partial charge is 0.223 e. The Bertz CT molecular complexity index is 427. The van der Waals surface area contributed by atoms with Crippen LogP contribution in [0.5, 0.6) is 0 Å². The lowest BCUT2D eigenvalue weighted by Crippen LogP contribution is -2.38. The van der Waals surface area contributed by atoms with Gasteiger partial charge >= 0.3 is 0 Å². The summed E-state index contributed by atoms with van der Waals surface area (Å²) in [6, 6.07) is 0. The van der Waals surface area contributed by atoms with Crippen molar-refractivity contribution in [3.05, 3.63) is 0 Å². The van der Waals surface area contributed by atoms with Crippen LogP contribution in [0.1, 0.15) is 45.4 Å². The number of nitrogens with zero attached hydrogens (tertiary/aromatic N) is 1. The van der Waals surface area contributed by atoms with Crippen molar-refractivity contribution in [2.45, 2.75) is 45.4 Å². The van der Waals surface area contributed by atoms with Gasteiger partial charge in [-0.3, -0.25) is 9.79 Å². The number of carbonyl (C=O) groups is 1. The van der Waals surface area contributed by atoms with E-state index in [2.05, 4.69) is 27.9 Å². The lowest BCUT2D eigenvalue weighted by atomic mass is 9.85. The molecule has 0 bridgehead atoms. The highest BCUT2D eigenvalue weighted by Gasteiger charge is 2.24. The molecule has 1 atom stereocenters. The molecule has 1 unspecified atom stereocenters. The monoisotopic (exact) mass is 496 g/mol. The first kappa shape index (κ1) is 24.4. The van der Waals surface area contributed by atoms with Gasteiger partial charge in [0, 0.05) is 51.2 Å². The molecule has 1 amide bonds. The van der Waals surface area contributed by atoms with Gasteiger partial charge in [-0.05, 0) is 39.0 Å². The summed E-state index contributed by atoms with van der Waals surface area (Å²) in [6.45, 7) is 8.43. The fraction of sp³-hybridized carbons (Fsp3) is 0.895. The highest BCUT2D eigenvalue weighted by Crippen LogP contribution is 2.25. The minimum atomic E-state index is 0. The maximum absolute atomic E-state index is 11.7. The predicted molar refractivity (Wildman–Crippen MR) is 119 cm³/mol. The molecule has 1 saturated heterocycles. The normalized spacial score (nSPS) is 19.9. The maximum Gasteiger partial charge on any atom is 0.223 e. The Morgan fingerprint density at radius 3 is 2.63 bits per heavy atom. The molecule has 1 heterocycles. The van der Waals surface area contributed by atoms with E-state index in [1.165, 1.54) is 6.42 Å². The van der Waals surface area contributed by atoms with Gasteiger partial charge in [0.05, 0.1) is 13.2 Å². The molecule has 0 aromatic carbocycles. The Labute approximate surface area is 180 Å². The van der Waals surface area contributed by atoms with E-state index in [0.717, 1.165) is 77.6 Å². The standard InChI is InChI=1S/C19H36N4O3.HI/c1-2-20-19(22-10-4-9-21-18(24)17-6-3-7-17)23-11-5-12-25-14-16-8-13-26-15-16;/h16-17H,2-15H2,1H3,(H,21,24)(H2,20,22,23);1H. The van der Waals surface area contributed by atoms with Gasteiger partial charge < -0.3 is 25.4 Å². The largest absolute Gasteiger partial charge is 0.381 e. The van der Waals surface area contributed by atoms with Crippen LogP contribution < -0.4 is 16.0 Å². The van der Waals surface area contributed by atoms with E-state index in [1.807, 2.05) is 0 Å². The van der Waals surface area contributed by atoms with E-state index >= 15 is 0 Å². The molecule has 2 aliphatic rings. The minimum absolute atomic E-state index is 0. The molecule has 158 valence electrons. The molecule has 1 saturated carbocycles. The van der Waals surface area contributed by atoms with Gasteiger partial charge in [0.15, 0.2) is 5.96 Å². The molecular weight excluding hydrogens is 459 g/mol. The molecule has 2 rings (SSSR count). The Morgan fingerprint density at radius 2 is 1.96 bits per heavy atom. The fourth-order valence-corrected chi connectivity index (χ4v) is 2.98. The van der Waals surface area contributed by atoms with Crippen LogP contribution in [0.2, 0.25) is 0 Å². The van der Waals surface area contributed by atoms with Crippen LogP contribution in [0.3, 0.4) is 0 Å². The zero-order valence-electron chi connectivity index (χ0n) is 16.6. The fourth-order valence-electron chi connectivity index (χ4n) is 2.98. The van der Waals surface area contributed by atoms with Crippen LogP contribution in [-0.4, -0.2) is 64.5 Å². The number of aliphatic imine (C=N–C) groups is 1. The summed E-state index contributed by atoms with van der Waals surface area (Å²) in [5.41, 5.74) is 0. The van der Waals surface area contributed by atoms with Crippen LogP contribution in [0.25, 0.3) is 0 Å². The van der Waals surface area contributed by atoms with Gasteiger partial charge in [0.1, 0.15) is 0 Å².